The summed E-state index contributed by atoms with van der Waals surface area (Å²) in [5.74, 6) is 0.652. The lowest BCUT2D eigenvalue weighted by molar-refractivity contribution is 0.0808. The highest BCUT2D eigenvalue weighted by Gasteiger charge is 2.14. The van der Waals surface area contributed by atoms with Crippen LogP contribution >= 0.6 is 0 Å². The molecule has 1 atom stereocenters. The van der Waals surface area contributed by atoms with E-state index in [4.69, 9.17) is 9.47 Å². The van der Waals surface area contributed by atoms with Gasteiger partial charge >= 0.3 is 0 Å². The van der Waals surface area contributed by atoms with Crippen molar-refractivity contribution in [2.75, 3.05) is 13.7 Å². The summed E-state index contributed by atoms with van der Waals surface area (Å²) < 4.78 is 10.8. The van der Waals surface area contributed by atoms with E-state index in [1.807, 2.05) is 0 Å². The zero-order valence-electron chi connectivity index (χ0n) is 9.38. The highest BCUT2D eigenvalue weighted by atomic mass is 16.5. The van der Waals surface area contributed by atoms with E-state index < -0.39 is 0 Å². The van der Waals surface area contributed by atoms with Crippen molar-refractivity contribution in [1.82, 2.24) is 10.2 Å². The number of aromatic nitrogens is 2. The molecule has 2 aromatic rings. The second-order valence-corrected chi connectivity index (χ2v) is 3.52. The van der Waals surface area contributed by atoms with Crippen LogP contribution in [0.15, 0.2) is 30.6 Å². The van der Waals surface area contributed by atoms with E-state index in [-0.39, 0.29) is 11.9 Å². The Morgan fingerprint density at radius 1 is 1.53 bits per heavy atom. The van der Waals surface area contributed by atoms with Gasteiger partial charge in [-0.05, 0) is 18.2 Å². The number of nitrogens with zero attached hydrogens (tertiary/aromatic N) is 1. The van der Waals surface area contributed by atoms with Gasteiger partial charge in [0.1, 0.15) is 17.6 Å². The molecule has 2 N–H and O–H groups in total. The van der Waals surface area contributed by atoms with Gasteiger partial charge in [-0.2, -0.15) is 5.10 Å². The quantitative estimate of drug-likeness (QED) is 0.824. The van der Waals surface area contributed by atoms with Gasteiger partial charge < -0.3 is 14.6 Å². The molecule has 1 radical (unpaired) electrons. The molecule has 1 unspecified atom stereocenters. The molecule has 1 aromatic carbocycles. The molecular weight excluding hydrogens is 220 g/mol. The highest BCUT2D eigenvalue weighted by molar-refractivity contribution is 5.31. The van der Waals surface area contributed by atoms with Gasteiger partial charge in [0.05, 0.1) is 12.8 Å². The fraction of sp³-hybridized carbons (Fsp3) is 0.250. The zero-order chi connectivity index (χ0) is 12.1. The van der Waals surface area contributed by atoms with Gasteiger partial charge in [-0.15, -0.1) is 0 Å². The Kier molecular flexibility index (Phi) is 3.62. The first-order valence-electron chi connectivity index (χ1n) is 5.14. The maximum absolute atomic E-state index is 9.33. The van der Waals surface area contributed by atoms with Gasteiger partial charge in [-0.25, -0.2) is 0 Å². The molecule has 0 bridgehead atoms. The first kappa shape index (κ1) is 11.5. The van der Waals surface area contributed by atoms with Crippen molar-refractivity contribution in [3.05, 3.63) is 42.2 Å². The van der Waals surface area contributed by atoms with Crippen molar-refractivity contribution >= 4 is 0 Å². The number of ether oxygens (including phenoxy) is 2. The van der Waals surface area contributed by atoms with Crippen LogP contribution < -0.4 is 4.74 Å². The van der Waals surface area contributed by atoms with Crippen LogP contribution in [0.25, 0.3) is 0 Å². The van der Waals surface area contributed by atoms with Crippen molar-refractivity contribution in [2.45, 2.75) is 6.10 Å². The minimum Gasteiger partial charge on any atom is -0.508 e. The monoisotopic (exact) mass is 233 g/mol. The number of nitrogens with one attached hydrogen (secondary N) is 1. The molecule has 1 heterocycles. The van der Waals surface area contributed by atoms with Crippen LogP contribution in [0.2, 0.25) is 0 Å². The van der Waals surface area contributed by atoms with E-state index in [1.54, 1.807) is 25.6 Å². The number of phenols is 1. The lowest BCUT2D eigenvalue weighted by Crippen LogP contribution is -2.13. The summed E-state index contributed by atoms with van der Waals surface area (Å²) in [6.45, 7) is 0.398. The predicted octanol–water partition coefficient (Wildman–Crippen LogP) is 1.68. The van der Waals surface area contributed by atoms with E-state index in [9.17, 15) is 5.11 Å². The van der Waals surface area contributed by atoms with Crippen LogP contribution in [0.5, 0.6) is 11.5 Å². The molecule has 0 fully saturated rings. The Morgan fingerprint density at radius 2 is 2.41 bits per heavy atom. The van der Waals surface area contributed by atoms with Crippen molar-refractivity contribution < 1.29 is 14.6 Å². The summed E-state index contributed by atoms with van der Waals surface area (Å²) in [6.07, 6.45) is 3.15. The van der Waals surface area contributed by atoms with E-state index in [0.29, 0.717) is 12.4 Å². The molecule has 5 heteroatoms. The summed E-state index contributed by atoms with van der Waals surface area (Å²) in [5.41, 5.74) is 0.884. The number of H-pyrrole nitrogens is 1. The molecule has 1 aromatic heterocycles. The topological polar surface area (TPSA) is 67.4 Å². The first-order valence-corrected chi connectivity index (χ1v) is 5.14. The molecule has 17 heavy (non-hydrogen) atoms. The van der Waals surface area contributed by atoms with E-state index >= 15 is 0 Å². The second-order valence-electron chi connectivity index (χ2n) is 3.52. The third-order valence-corrected chi connectivity index (χ3v) is 2.23. The molecule has 0 saturated heterocycles. The summed E-state index contributed by atoms with van der Waals surface area (Å²) in [6, 6.07) is 7.43. The smallest absolute Gasteiger partial charge is 0.150 e. The number of benzene rings is 1. The number of aromatic amines is 1. The third-order valence-electron chi connectivity index (χ3n) is 2.23. The average Bonchev–Trinajstić information content (AvgIpc) is 2.82. The van der Waals surface area contributed by atoms with E-state index in [1.165, 1.54) is 12.1 Å². The second kappa shape index (κ2) is 5.36. The Morgan fingerprint density at radius 3 is 3.06 bits per heavy atom. The maximum atomic E-state index is 9.33. The molecule has 89 valence electrons. The fourth-order valence-electron chi connectivity index (χ4n) is 1.46. The molecule has 0 aliphatic rings. The summed E-state index contributed by atoms with van der Waals surface area (Å²) in [7, 11) is 1.60. The van der Waals surface area contributed by atoms with Crippen molar-refractivity contribution in [3.8, 4) is 11.5 Å². The van der Waals surface area contributed by atoms with Crippen LogP contribution in [0.4, 0.5) is 0 Å². The lowest BCUT2D eigenvalue weighted by atomic mass is 10.2. The SMILES string of the molecule is COCC(Oc1c[c]cc(O)c1)c1cn[nH]c1. The summed E-state index contributed by atoms with van der Waals surface area (Å²) in [5, 5.41) is 15.9. The fourth-order valence-corrected chi connectivity index (χ4v) is 1.46. The van der Waals surface area contributed by atoms with Gasteiger partial charge in [0.2, 0.25) is 0 Å². The molecular formula is C12H13N2O3. The molecule has 2 rings (SSSR count). The number of aromatic hydroxyl groups is 1. The van der Waals surface area contributed by atoms with Gasteiger partial charge in [0.15, 0.2) is 0 Å². The summed E-state index contributed by atoms with van der Waals surface area (Å²) in [4.78, 5) is 0. The van der Waals surface area contributed by atoms with Gasteiger partial charge in [-0.3, -0.25) is 5.10 Å². The minimum atomic E-state index is -0.269. The number of rotatable bonds is 5. The average molecular weight is 233 g/mol. The normalized spacial score (nSPS) is 12.3. The molecule has 0 saturated carbocycles. The lowest BCUT2D eigenvalue weighted by Gasteiger charge is -2.16. The van der Waals surface area contributed by atoms with Gasteiger partial charge in [0.25, 0.3) is 0 Å². The Labute approximate surface area is 99.0 Å². The zero-order valence-corrected chi connectivity index (χ0v) is 9.38. The van der Waals surface area contributed by atoms with Gasteiger partial charge in [0, 0.05) is 24.9 Å². The van der Waals surface area contributed by atoms with Crippen LogP contribution in [0, 0.1) is 6.07 Å². The van der Waals surface area contributed by atoms with Crippen LogP contribution in [0.1, 0.15) is 11.7 Å². The van der Waals surface area contributed by atoms with Crippen molar-refractivity contribution in [3.63, 3.8) is 0 Å². The van der Waals surface area contributed by atoms with Crippen molar-refractivity contribution in [1.29, 1.82) is 0 Å². The maximum Gasteiger partial charge on any atom is 0.150 e. The molecule has 0 amide bonds. The number of methoxy groups -OCH3 is 1. The Bertz CT molecular complexity index is 457. The number of hydrogen-bond acceptors (Lipinski definition) is 4. The number of hydrogen-bond donors (Lipinski definition) is 2. The highest BCUT2D eigenvalue weighted by Crippen LogP contribution is 2.24. The molecule has 5 nitrogen and oxygen atoms in total. The molecule has 0 spiro atoms. The van der Waals surface area contributed by atoms with Crippen molar-refractivity contribution in [2.24, 2.45) is 0 Å². The Hall–Kier alpha value is -2.01. The Balaban J connectivity index is 2.13. The van der Waals surface area contributed by atoms with Crippen LogP contribution in [-0.2, 0) is 4.74 Å². The van der Waals surface area contributed by atoms with Crippen LogP contribution in [-0.4, -0.2) is 29.0 Å². The standard InChI is InChI=1S/C12H13N2O3/c1-16-8-12(9-6-13-14-7-9)17-11-4-2-3-10(15)5-11/h3-7,12,15H,8H2,1H3,(H,13,14). The van der Waals surface area contributed by atoms with Gasteiger partial charge in [-0.1, -0.05) is 0 Å². The minimum absolute atomic E-state index is 0.117. The molecule has 0 aliphatic carbocycles. The number of phenolic OH excluding ortho intramolecular Hbond substituents is 1. The predicted molar refractivity (Wildman–Crippen MR) is 60.8 cm³/mol. The van der Waals surface area contributed by atoms with Crippen LogP contribution in [0.3, 0.4) is 0 Å². The first-order chi connectivity index (χ1) is 8.29. The summed E-state index contributed by atoms with van der Waals surface area (Å²) >= 11 is 0. The van der Waals surface area contributed by atoms with E-state index in [2.05, 4.69) is 16.3 Å². The molecule has 0 aliphatic heterocycles. The van der Waals surface area contributed by atoms with E-state index in [0.717, 1.165) is 5.56 Å². The largest absolute Gasteiger partial charge is 0.508 e. The third kappa shape index (κ3) is 2.98.